The standard InChI is InChI=1S/C16H29N5/c1-4-6-14-19-15(17)12(3)16(20-14)18-11-13-7-9-21(5-2)10-8-13/h13H,4-11H2,1-3H3,(H3,17,18,19,20). The Hall–Kier alpha value is -1.36. The van der Waals surface area contributed by atoms with Gasteiger partial charge in [0, 0.05) is 18.5 Å². The van der Waals surface area contributed by atoms with Gasteiger partial charge in [0.1, 0.15) is 17.5 Å². The number of hydrogen-bond acceptors (Lipinski definition) is 5. The van der Waals surface area contributed by atoms with Gasteiger partial charge in [0.2, 0.25) is 0 Å². The highest BCUT2D eigenvalue weighted by molar-refractivity contribution is 5.54. The molecule has 3 N–H and O–H groups in total. The third kappa shape index (κ3) is 4.30. The highest BCUT2D eigenvalue weighted by atomic mass is 15.1. The molecule has 0 atom stereocenters. The number of aromatic nitrogens is 2. The van der Waals surface area contributed by atoms with Crippen molar-refractivity contribution in [1.82, 2.24) is 14.9 Å². The monoisotopic (exact) mass is 291 g/mol. The summed E-state index contributed by atoms with van der Waals surface area (Å²) in [6.45, 7) is 11.0. The molecule has 1 saturated heterocycles. The van der Waals surface area contributed by atoms with Crippen molar-refractivity contribution in [2.75, 3.05) is 37.2 Å². The van der Waals surface area contributed by atoms with Crippen LogP contribution in [0.25, 0.3) is 0 Å². The van der Waals surface area contributed by atoms with Gasteiger partial charge in [-0.15, -0.1) is 0 Å². The summed E-state index contributed by atoms with van der Waals surface area (Å²) in [6, 6.07) is 0. The van der Waals surface area contributed by atoms with Gasteiger partial charge in [0.05, 0.1) is 0 Å². The van der Waals surface area contributed by atoms with Crippen LogP contribution in [-0.4, -0.2) is 41.0 Å². The lowest BCUT2D eigenvalue weighted by Crippen LogP contribution is -2.35. The summed E-state index contributed by atoms with van der Waals surface area (Å²) in [6.07, 6.45) is 4.45. The summed E-state index contributed by atoms with van der Waals surface area (Å²) in [5.74, 6) is 3.11. The second-order valence-electron chi connectivity index (χ2n) is 6.01. The smallest absolute Gasteiger partial charge is 0.134 e. The summed E-state index contributed by atoms with van der Waals surface area (Å²) in [5, 5.41) is 3.51. The normalized spacial score (nSPS) is 17.1. The zero-order chi connectivity index (χ0) is 15.2. The van der Waals surface area contributed by atoms with Gasteiger partial charge in [-0.2, -0.15) is 0 Å². The molecule has 2 rings (SSSR count). The lowest BCUT2D eigenvalue weighted by Gasteiger charge is -2.31. The first-order chi connectivity index (χ1) is 10.1. The van der Waals surface area contributed by atoms with Crippen molar-refractivity contribution < 1.29 is 0 Å². The number of aryl methyl sites for hydroxylation is 1. The van der Waals surface area contributed by atoms with E-state index in [4.69, 9.17) is 5.73 Å². The van der Waals surface area contributed by atoms with Crippen molar-refractivity contribution in [3.63, 3.8) is 0 Å². The average Bonchev–Trinajstić information content (AvgIpc) is 2.50. The van der Waals surface area contributed by atoms with Gasteiger partial charge < -0.3 is 16.0 Å². The Bertz CT molecular complexity index is 452. The fourth-order valence-electron chi connectivity index (χ4n) is 2.84. The highest BCUT2D eigenvalue weighted by Gasteiger charge is 2.18. The molecule has 5 heteroatoms. The molecular formula is C16H29N5. The fraction of sp³-hybridized carbons (Fsp3) is 0.750. The third-order valence-corrected chi connectivity index (χ3v) is 4.42. The van der Waals surface area contributed by atoms with E-state index in [2.05, 4.69) is 34.0 Å². The molecule has 2 heterocycles. The Morgan fingerprint density at radius 3 is 2.57 bits per heavy atom. The van der Waals surface area contributed by atoms with Crippen molar-refractivity contribution in [3.05, 3.63) is 11.4 Å². The lowest BCUT2D eigenvalue weighted by molar-refractivity contribution is 0.198. The van der Waals surface area contributed by atoms with Crippen molar-refractivity contribution in [2.24, 2.45) is 5.92 Å². The third-order valence-electron chi connectivity index (χ3n) is 4.42. The second kappa shape index (κ2) is 7.59. The molecule has 0 saturated carbocycles. The Labute approximate surface area is 128 Å². The number of rotatable bonds is 6. The quantitative estimate of drug-likeness (QED) is 0.843. The molecule has 1 aliphatic heterocycles. The number of hydrogen-bond donors (Lipinski definition) is 2. The largest absolute Gasteiger partial charge is 0.383 e. The number of nitrogens with zero attached hydrogens (tertiary/aromatic N) is 3. The van der Waals surface area contributed by atoms with Crippen LogP contribution in [0.4, 0.5) is 11.6 Å². The average molecular weight is 291 g/mol. The summed E-state index contributed by atoms with van der Waals surface area (Å²) < 4.78 is 0. The number of nitrogens with one attached hydrogen (secondary N) is 1. The maximum Gasteiger partial charge on any atom is 0.134 e. The first-order valence-electron chi connectivity index (χ1n) is 8.23. The number of nitrogen functional groups attached to an aromatic ring is 1. The van der Waals surface area contributed by atoms with Crippen LogP contribution in [0.3, 0.4) is 0 Å². The van der Waals surface area contributed by atoms with E-state index in [1.807, 2.05) is 6.92 Å². The molecule has 0 aromatic carbocycles. The molecule has 118 valence electrons. The SMILES string of the molecule is CCCc1nc(N)c(C)c(NCC2CCN(CC)CC2)n1. The van der Waals surface area contributed by atoms with E-state index in [-0.39, 0.29) is 0 Å². The predicted octanol–water partition coefficient (Wildman–Crippen LogP) is 2.46. The zero-order valence-electron chi connectivity index (χ0n) is 13.7. The lowest BCUT2D eigenvalue weighted by atomic mass is 9.97. The van der Waals surface area contributed by atoms with Gasteiger partial charge in [-0.3, -0.25) is 0 Å². The van der Waals surface area contributed by atoms with E-state index in [1.54, 1.807) is 0 Å². The minimum atomic E-state index is 0.608. The van der Waals surface area contributed by atoms with Gasteiger partial charge in [-0.05, 0) is 51.7 Å². The Morgan fingerprint density at radius 2 is 1.95 bits per heavy atom. The van der Waals surface area contributed by atoms with Crippen LogP contribution in [-0.2, 0) is 6.42 Å². The van der Waals surface area contributed by atoms with Crippen molar-refractivity contribution in [2.45, 2.75) is 46.5 Å². The molecule has 1 aliphatic rings. The molecule has 0 bridgehead atoms. The van der Waals surface area contributed by atoms with E-state index >= 15 is 0 Å². The van der Waals surface area contributed by atoms with E-state index in [0.717, 1.165) is 42.5 Å². The minimum absolute atomic E-state index is 0.608. The molecule has 1 fully saturated rings. The van der Waals surface area contributed by atoms with Crippen LogP contribution in [0.2, 0.25) is 0 Å². The molecule has 0 unspecified atom stereocenters. The number of anilines is 2. The van der Waals surface area contributed by atoms with Crippen molar-refractivity contribution in [3.8, 4) is 0 Å². The Balaban J connectivity index is 1.93. The maximum atomic E-state index is 6.00. The molecule has 1 aromatic rings. The van der Waals surface area contributed by atoms with Crippen molar-refractivity contribution in [1.29, 1.82) is 0 Å². The van der Waals surface area contributed by atoms with Gasteiger partial charge in [-0.1, -0.05) is 13.8 Å². The van der Waals surface area contributed by atoms with E-state index in [1.165, 1.54) is 32.5 Å². The van der Waals surface area contributed by atoms with E-state index in [0.29, 0.717) is 5.82 Å². The fourth-order valence-corrected chi connectivity index (χ4v) is 2.84. The maximum absolute atomic E-state index is 6.00. The van der Waals surface area contributed by atoms with E-state index < -0.39 is 0 Å². The van der Waals surface area contributed by atoms with Gasteiger partial charge >= 0.3 is 0 Å². The Kier molecular flexibility index (Phi) is 5.79. The summed E-state index contributed by atoms with van der Waals surface area (Å²) in [7, 11) is 0. The first kappa shape index (κ1) is 16.0. The van der Waals surface area contributed by atoms with Crippen LogP contribution in [0.15, 0.2) is 0 Å². The van der Waals surface area contributed by atoms with Gasteiger partial charge in [-0.25, -0.2) is 9.97 Å². The van der Waals surface area contributed by atoms with Crippen LogP contribution >= 0.6 is 0 Å². The topological polar surface area (TPSA) is 67.1 Å². The summed E-state index contributed by atoms with van der Waals surface area (Å²) in [5.41, 5.74) is 6.97. The minimum Gasteiger partial charge on any atom is -0.383 e. The van der Waals surface area contributed by atoms with Gasteiger partial charge in [0.25, 0.3) is 0 Å². The Morgan fingerprint density at radius 1 is 1.24 bits per heavy atom. The number of likely N-dealkylation sites (tertiary alicyclic amines) is 1. The first-order valence-corrected chi connectivity index (χ1v) is 8.23. The van der Waals surface area contributed by atoms with Crippen LogP contribution in [0, 0.1) is 12.8 Å². The molecule has 0 aliphatic carbocycles. The van der Waals surface area contributed by atoms with Crippen LogP contribution in [0.5, 0.6) is 0 Å². The molecule has 5 nitrogen and oxygen atoms in total. The molecule has 21 heavy (non-hydrogen) atoms. The van der Waals surface area contributed by atoms with Gasteiger partial charge in [0.15, 0.2) is 0 Å². The molecule has 0 amide bonds. The highest BCUT2D eigenvalue weighted by Crippen LogP contribution is 2.21. The van der Waals surface area contributed by atoms with Crippen LogP contribution in [0.1, 0.15) is 44.5 Å². The zero-order valence-corrected chi connectivity index (χ0v) is 13.7. The molecular weight excluding hydrogens is 262 g/mol. The second-order valence-corrected chi connectivity index (χ2v) is 6.01. The number of nitrogens with two attached hydrogens (primary N) is 1. The molecule has 1 aromatic heterocycles. The summed E-state index contributed by atoms with van der Waals surface area (Å²) in [4.78, 5) is 11.5. The molecule has 0 spiro atoms. The van der Waals surface area contributed by atoms with Crippen molar-refractivity contribution >= 4 is 11.6 Å². The predicted molar refractivity (Wildman–Crippen MR) is 88.5 cm³/mol. The van der Waals surface area contributed by atoms with Crippen LogP contribution < -0.4 is 11.1 Å². The summed E-state index contributed by atoms with van der Waals surface area (Å²) >= 11 is 0. The van der Waals surface area contributed by atoms with E-state index in [9.17, 15) is 0 Å². The molecule has 0 radical (unpaired) electrons. The number of piperidine rings is 1.